The molecule has 0 atom stereocenters. The Labute approximate surface area is 114 Å². The first-order valence-corrected chi connectivity index (χ1v) is 7.29. The molecular weight excluding hydrogens is 246 g/mol. The molecule has 1 aromatic rings. The largest absolute Gasteiger partial charge is 0.357 e. The van der Waals surface area contributed by atoms with Crippen LogP contribution in [0.3, 0.4) is 0 Å². The number of anilines is 1. The fourth-order valence-electron chi connectivity index (χ4n) is 2.52. The van der Waals surface area contributed by atoms with E-state index in [4.69, 9.17) is 11.6 Å². The Balaban J connectivity index is 1.48. The molecule has 18 heavy (non-hydrogen) atoms. The second kappa shape index (κ2) is 5.45. The number of hydrogen-bond acceptors (Lipinski definition) is 3. The minimum Gasteiger partial charge on any atom is -0.357 e. The highest BCUT2D eigenvalue weighted by atomic mass is 35.5. The number of piperidine rings is 1. The maximum atomic E-state index is 5.86. The summed E-state index contributed by atoms with van der Waals surface area (Å²) in [4.78, 5) is 6.74. The first kappa shape index (κ1) is 12.2. The molecule has 1 aliphatic carbocycles. The van der Waals surface area contributed by atoms with Gasteiger partial charge in [0, 0.05) is 25.3 Å². The van der Waals surface area contributed by atoms with Crippen LogP contribution in [0.15, 0.2) is 18.3 Å². The Morgan fingerprint density at radius 2 is 2.00 bits per heavy atom. The molecule has 2 fully saturated rings. The molecule has 1 saturated carbocycles. The van der Waals surface area contributed by atoms with Gasteiger partial charge in [-0.1, -0.05) is 11.6 Å². The predicted molar refractivity (Wildman–Crippen MR) is 75.2 cm³/mol. The molecule has 3 nitrogen and oxygen atoms in total. The van der Waals surface area contributed by atoms with E-state index < -0.39 is 0 Å². The quantitative estimate of drug-likeness (QED) is 0.907. The number of pyridine rings is 1. The van der Waals surface area contributed by atoms with Gasteiger partial charge in [-0.3, -0.25) is 0 Å². The molecule has 0 unspecified atom stereocenters. The van der Waals surface area contributed by atoms with E-state index in [0.29, 0.717) is 11.1 Å². The van der Waals surface area contributed by atoms with Crippen LogP contribution >= 0.6 is 11.6 Å². The van der Waals surface area contributed by atoms with Gasteiger partial charge in [0.25, 0.3) is 0 Å². The van der Waals surface area contributed by atoms with Crippen LogP contribution in [-0.2, 0) is 0 Å². The monoisotopic (exact) mass is 265 g/mol. The number of hydrogen-bond donors (Lipinski definition) is 1. The molecule has 0 radical (unpaired) electrons. The maximum Gasteiger partial charge on any atom is 0.128 e. The molecule has 0 aromatic carbocycles. The Bertz CT molecular complexity index is 381. The minimum absolute atomic E-state index is 0.703. The number of nitrogens with zero attached hydrogens (tertiary/aromatic N) is 2. The van der Waals surface area contributed by atoms with Gasteiger partial charge in [0.1, 0.15) is 5.82 Å². The lowest BCUT2D eigenvalue weighted by Crippen LogP contribution is -2.43. The Kier molecular flexibility index (Phi) is 3.71. The van der Waals surface area contributed by atoms with Gasteiger partial charge >= 0.3 is 0 Å². The van der Waals surface area contributed by atoms with Gasteiger partial charge in [-0.2, -0.15) is 0 Å². The van der Waals surface area contributed by atoms with Crippen molar-refractivity contribution >= 4 is 17.4 Å². The van der Waals surface area contributed by atoms with Gasteiger partial charge in [0.15, 0.2) is 0 Å². The first-order chi connectivity index (χ1) is 8.81. The molecule has 0 spiro atoms. The summed E-state index contributed by atoms with van der Waals surface area (Å²) in [7, 11) is 0. The Morgan fingerprint density at radius 3 is 2.61 bits per heavy atom. The van der Waals surface area contributed by atoms with Crippen molar-refractivity contribution in [2.75, 3.05) is 24.5 Å². The minimum atomic E-state index is 0.703. The molecule has 98 valence electrons. The van der Waals surface area contributed by atoms with E-state index in [2.05, 4.69) is 15.2 Å². The van der Waals surface area contributed by atoms with E-state index in [0.717, 1.165) is 24.8 Å². The fraction of sp³-hybridized carbons (Fsp3) is 0.643. The van der Waals surface area contributed by atoms with Crippen LogP contribution in [0.2, 0.25) is 5.02 Å². The van der Waals surface area contributed by atoms with Gasteiger partial charge in [-0.15, -0.1) is 0 Å². The molecule has 1 aliphatic heterocycles. The number of aromatic nitrogens is 1. The summed E-state index contributed by atoms with van der Waals surface area (Å²) in [6.45, 7) is 3.41. The van der Waals surface area contributed by atoms with Crippen LogP contribution in [0.25, 0.3) is 0 Å². The SMILES string of the molecule is Clc1ccc(N2CCC(NCC3CC3)CC2)nc1. The lowest BCUT2D eigenvalue weighted by molar-refractivity contribution is 0.407. The van der Waals surface area contributed by atoms with Crippen molar-refractivity contribution in [2.24, 2.45) is 5.92 Å². The first-order valence-electron chi connectivity index (χ1n) is 6.91. The van der Waals surface area contributed by atoms with Gasteiger partial charge in [-0.05, 0) is 50.3 Å². The van der Waals surface area contributed by atoms with Gasteiger partial charge in [0.2, 0.25) is 0 Å². The molecule has 0 amide bonds. The number of nitrogens with one attached hydrogen (secondary N) is 1. The van der Waals surface area contributed by atoms with E-state index in [1.54, 1.807) is 6.20 Å². The van der Waals surface area contributed by atoms with Crippen LogP contribution in [0, 0.1) is 5.92 Å². The molecule has 1 aromatic heterocycles. The third kappa shape index (κ3) is 3.15. The third-order valence-corrected chi connectivity index (χ3v) is 4.15. The average molecular weight is 266 g/mol. The summed E-state index contributed by atoms with van der Waals surface area (Å²) in [6.07, 6.45) is 7.03. The van der Waals surface area contributed by atoms with E-state index in [9.17, 15) is 0 Å². The van der Waals surface area contributed by atoms with Crippen molar-refractivity contribution < 1.29 is 0 Å². The van der Waals surface area contributed by atoms with Crippen molar-refractivity contribution in [1.82, 2.24) is 10.3 Å². The smallest absolute Gasteiger partial charge is 0.128 e. The zero-order valence-electron chi connectivity index (χ0n) is 10.6. The highest BCUT2D eigenvalue weighted by Gasteiger charge is 2.24. The summed E-state index contributed by atoms with van der Waals surface area (Å²) < 4.78 is 0. The predicted octanol–water partition coefficient (Wildman–Crippen LogP) is 2.70. The molecule has 4 heteroatoms. The Hall–Kier alpha value is -0.800. The van der Waals surface area contributed by atoms with Gasteiger partial charge in [0.05, 0.1) is 5.02 Å². The van der Waals surface area contributed by atoms with Crippen molar-refractivity contribution in [1.29, 1.82) is 0 Å². The third-order valence-electron chi connectivity index (χ3n) is 3.92. The molecule has 2 aliphatic rings. The van der Waals surface area contributed by atoms with Crippen molar-refractivity contribution in [3.05, 3.63) is 23.4 Å². The van der Waals surface area contributed by atoms with E-state index >= 15 is 0 Å². The standard InChI is InChI=1S/C14H20ClN3/c15-12-3-4-14(17-10-12)18-7-5-13(6-8-18)16-9-11-1-2-11/h3-4,10-11,13,16H,1-2,5-9H2. The van der Waals surface area contributed by atoms with E-state index in [1.807, 2.05) is 12.1 Å². The summed E-state index contributed by atoms with van der Waals surface area (Å²) >= 11 is 5.86. The highest BCUT2D eigenvalue weighted by molar-refractivity contribution is 6.30. The zero-order chi connectivity index (χ0) is 12.4. The lowest BCUT2D eigenvalue weighted by Gasteiger charge is -2.33. The normalized spacial score (nSPS) is 21.3. The second-order valence-electron chi connectivity index (χ2n) is 5.45. The summed E-state index contributed by atoms with van der Waals surface area (Å²) in [5.41, 5.74) is 0. The van der Waals surface area contributed by atoms with Crippen LogP contribution in [0.4, 0.5) is 5.82 Å². The van der Waals surface area contributed by atoms with Crippen molar-refractivity contribution in [2.45, 2.75) is 31.7 Å². The highest BCUT2D eigenvalue weighted by Crippen LogP contribution is 2.28. The average Bonchev–Trinajstić information content (AvgIpc) is 3.22. The van der Waals surface area contributed by atoms with Crippen molar-refractivity contribution in [3.63, 3.8) is 0 Å². The van der Waals surface area contributed by atoms with E-state index in [-0.39, 0.29) is 0 Å². The summed E-state index contributed by atoms with van der Waals surface area (Å²) in [5.74, 6) is 2.03. The van der Waals surface area contributed by atoms with Crippen LogP contribution in [0.5, 0.6) is 0 Å². The zero-order valence-corrected chi connectivity index (χ0v) is 11.4. The molecule has 3 rings (SSSR count). The maximum absolute atomic E-state index is 5.86. The molecular formula is C14H20ClN3. The van der Waals surface area contributed by atoms with Gasteiger partial charge < -0.3 is 10.2 Å². The topological polar surface area (TPSA) is 28.2 Å². The summed E-state index contributed by atoms with van der Waals surface area (Å²) in [5, 5.41) is 4.40. The Morgan fingerprint density at radius 1 is 1.22 bits per heavy atom. The van der Waals surface area contributed by atoms with Gasteiger partial charge in [-0.25, -0.2) is 4.98 Å². The second-order valence-corrected chi connectivity index (χ2v) is 5.88. The van der Waals surface area contributed by atoms with E-state index in [1.165, 1.54) is 32.2 Å². The molecule has 0 bridgehead atoms. The fourth-order valence-corrected chi connectivity index (χ4v) is 2.63. The lowest BCUT2D eigenvalue weighted by atomic mass is 10.0. The number of halogens is 1. The molecule has 2 heterocycles. The van der Waals surface area contributed by atoms with Crippen LogP contribution < -0.4 is 10.2 Å². The molecule has 1 saturated heterocycles. The number of rotatable bonds is 4. The van der Waals surface area contributed by atoms with Crippen LogP contribution in [0.1, 0.15) is 25.7 Å². The van der Waals surface area contributed by atoms with Crippen LogP contribution in [-0.4, -0.2) is 30.7 Å². The summed E-state index contributed by atoms with van der Waals surface area (Å²) in [6, 6.07) is 4.64. The molecule has 1 N–H and O–H groups in total. The van der Waals surface area contributed by atoms with Crippen molar-refractivity contribution in [3.8, 4) is 0 Å².